The number of nitro benzene ring substituents is 1. The van der Waals surface area contributed by atoms with E-state index < -0.39 is 10.9 Å². The van der Waals surface area contributed by atoms with Crippen LogP contribution in [0.25, 0.3) is 6.08 Å². The van der Waals surface area contributed by atoms with Crippen molar-refractivity contribution in [2.45, 2.75) is 6.92 Å². The van der Waals surface area contributed by atoms with Crippen LogP contribution in [0.15, 0.2) is 59.7 Å². The monoisotopic (exact) mass is 394 g/mol. The molecule has 0 saturated carbocycles. The molecule has 0 N–H and O–H groups in total. The number of carbonyl (C=O) groups is 1. The second kappa shape index (κ2) is 8.39. The highest BCUT2D eigenvalue weighted by molar-refractivity contribution is 6.13. The van der Waals surface area contributed by atoms with Crippen LogP contribution in [-0.2, 0) is 9.53 Å². The molecule has 0 bridgehead atoms. The first kappa shape index (κ1) is 19.8. The summed E-state index contributed by atoms with van der Waals surface area (Å²) in [6, 6.07) is 9.68. The van der Waals surface area contributed by atoms with Gasteiger partial charge in [0.25, 0.3) is 5.69 Å². The zero-order valence-electron chi connectivity index (χ0n) is 15.9. The lowest BCUT2D eigenvalue weighted by Gasteiger charge is -2.09. The van der Waals surface area contributed by atoms with Crippen molar-refractivity contribution in [3.63, 3.8) is 0 Å². The number of rotatable bonds is 7. The van der Waals surface area contributed by atoms with Crippen molar-refractivity contribution in [2.24, 2.45) is 4.99 Å². The van der Waals surface area contributed by atoms with Gasteiger partial charge >= 0.3 is 5.97 Å². The quantitative estimate of drug-likeness (QED) is 0.233. The number of aliphatic imine (C=N–C) groups is 1. The van der Waals surface area contributed by atoms with Crippen molar-refractivity contribution in [3.8, 4) is 11.5 Å². The van der Waals surface area contributed by atoms with Gasteiger partial charge in [0, 0.05) is 17.2 Å². The van der Waals surface area contributed by atoms with Crippen LogP contribution in [0.1, 0.15) is 16.7 Å². The van der Waals surface area contributed by atoms with Crippen molar-refractivity contribution in [1.29, 1.82) is 0 Å². The third-order valence-corrected chi connectivity index (χ3v) is 4.12. The molecule has 3 rings (SSSR count). The molecule has 1 aliphatic heterocycles. The second-order valence-electron chi connectivity index (χ2n) is 6.10. The lowest BCUT2D eigenvalue weighted by atomic mass is 10.1. The van der Waals surface area contributed by atoms with Gasteiger partial charge < -0.3 is 14.2 Å². The fourth-order valence-corrected chi connectivity index (χ4v) is 2.67. The van der Waals surface area contributed by atoms with Crippen molar-refractivity contribution in [1.82, 2.24) is 0 Å². The summed E-state index contributed by atoms with van der Waals surface area (Å²) in [5, 5.41) is 11.1. The first-order chi connectivity index (χ1) is 13.9. The van der Waals surface area contributed by atoms with Crippen molar-refractivity contribution < 1.29 is 23.9 Å². The van der Waals surface area contributed by atoms with E-state index in [9.17, 15) is 14.9 Å². The number of benzene rings is 2. The van der Waals surface area contributed by atoms with Crippen LogP contribution in [0.4, 0.5) is 5.69 Å². The second-order valence-corrected chi connectivity index (χ2v) is 6.10. The SMILES string of the molecule is C=CCOc1ccc(C=C2N=C(c3ccc(C)c([N+](=O)[O-])c3)OC2=O)cc1OC. The normalized spacial score (nSPS) is 14.3. The molecule has 1 aliphatic rings. The van der Waals surface area contributed by atoms with E-state index in [2.05, 4.69) is 11.6 Å². The van der Waals surface area contributed by atoms with E-state index in [1.54, 1.807) is 43.3 Å². The smallest absolute Gasteiger partial charge is 0.363 e. The summed E-state index contributed by atoms with van der Waals surface area (Å²) in [4.78, 5) is 27.0. The molecular weight excluding hydrogens is 376 g/mol. The number of esters is 1. The zero-order valence-corrected chi connectivity index (χ0v) is 15.9. The number of methoxy groups -OCH3 is 1. The molecule has 0 spiro atoms. The Morgan fingerprint density at radius 1 is 1.24 bits per heavy atom. The van der Waals surface area contributed by atoms with Crippen LogP contribution in [0.5, 0.6) is 11.5 Å². The molecule has 1 heterocycles. The first-order valence-corrected chi connectivity index (χ1v) is 8.62. The molecule has 2 aromatic rings. The Bertz CT molecular complexity index is 1060. The van der Waals surface area contributed by atoms with E-state index in [4.69, 9.17) is 14.2 Å². The number of ether oxygens (including phenoxy) is 3. The topological polar surface area (TPSA) is 100 Å². The summed E-state index contributed by atoms with van der Waals surface area (Å²) in [5.74, 6) is 0.405. The maximum atomic E-state index is 12.2. The molecule has 29 heavy (non-hydrogen) atoms. The summed E-state index contributed by atoms with van der Waals surface area (Å²) in [6.07, 6.45) is 3.16. The summed E-state index contributed by atoms with van der Waals surface area (Å²) in [7, 11) is 1.51. The maximum absolute atomic E-state index is 12.2. The highest BCUT2D eigenvalue weighted by Gasteiger charge is 2.26. The van der Waals surface area contributed by atoms with Crippen LogP contribution >= 0.6 is 0 Å². The summed E-state index contributed by atoms with van der Waals surface area (Å²) in [5.41, 5.74) is 1.51. The van der Waals surface area contributed by atoms with Crippen LogP contribution in [0.3, 0.4) is 0 Å². The van der Waals surface area contributed by atoms with Crippen LogP contribution in [0.2, 0.25) is 0 Å². The van der Waals surface area contributed by atoms with E-state index in [1.807, 2.05) is 0 Å². The van der Waals surface area contributed by atoms with Gasteiger partial charge in [-0.25, -0.2) is 9.79 Å². The molecule has 148 valence electrons. The Labute approximate surface area is 166 Å². The number of nitro groups is 1. The highest BCUT2D eigenvalue weighted by Crippen LogP contribution is 2.30. The van der Waals surface area contributed by atoms with Crippen molar-refractivity contribution >= 4 is 23.6 Å². The van der Waals surface area contributed by atoms with Crippen molar-refractivity contribution in [2.75, 3.05) is 13.7 Å². The van der Waals surface area contributed by atoms with E-state index in [0.29, 0.717) is 34.8 Å². The van der Waals surface area contributed by atoms with Gasteiger partial charge in [0.05, 0.1) is 12.0 Å². The highest BCUT2D eigenvalue weighted by atomic mass is 16.6. The predicted octanol–water partition coefficient (Wildman–Crippen LogP) is 3.82. The van der Waals surface area contributed by atoms with Gasteiger partial charge in [-0.15, -0.1) is 0 Å². The third kappa shape index (κ3) is 4.32. The first-order valence-electron chi connectivity index (χ1n) is 8.62. The average Bonchev–Trinajstić information content (AvgIpc) is 3.07. The van der Waals surface area contributed by atoms with Gasteiger partial charge in [0.1, 0.15) is 6.61 Å². The number of hydrogen-bond donors (Lipinski definition) is 0. The van der Waals surface area contributed by atoms with Gasteiger partial charge in [-0.2, -0.15) is 0 Å². The molecule has 0 amide bonds. The van der Waals surface area contributed by atoms with E-state index in [1.165, 1.54) is 19.3 Å². The Morgan fingerprint density at radius 3 is 2.72 bits per heavy atom. The molecule has 8 heteroatoms. The summed E-state index contributed by atoms with van der Waals surface area (Å²) < 4.78 is 16.0. The maximum Gasteiger partial charge on any atom is 0.363 e. The van der Waals surface area contributed by atoms with Gasteiger partial charge in [0.2, 0.25) is 5.90 Å². The third-order valence-electron chi connectivity index (χ3n) is 4.12. The Balaban J connectivity index is 1.92. The molecule has 0 radical (unpaired) electrons. The van der Waals surface area contributed by atoms with E-state index in [-0.39, 0.29) is 17.3 Å². The van der Waals surface area contributed by atoms with E-state index in [0.717, 1.165) is 0 Å². The van der Waals surface area contributed by atoms with Gasteiger partial charge in [-0.1, -0.05) is 24.8 Å². The molecule has 0 unspecified atom stereocenters. The van der Waals surface area contributed by atoms with Crippen LogP contribution in [0, 0.1) is 17.0 Å². The lowest BCUT2D eigenvalue weighted by molar-refractivity contribution is -0.385. The Kier molecular flexibility index (Phi) is 5.73. The van der Waals surface area contributed by atoms with Gasteiger partial charge in [0.15, 0.2) is 17.2 Å². The van der Waals surface area contributed by atoms with E-state index >= 15 is 0 Å². The fraction of sp³-hybridized carbons (Fsp3) is 0.143. The minimum atomic E-state index is -0.644. The molecule has 0 fully saturated rings. The Hall–Kier alpha value is -3.94. The average molecular weight is 394 g/mol. The molecule has 2 aromatic carbocycles. The molecule has 0 saturated heterocycles. The summed E-state index contributed by atoms with van der Waals surface area (Å²) in [6.45, 7) is 5.56. The number of nitrogens with zero attached hydrogens (tertiary/aromatic N) is 2. The van der Waals surface area contributed by atoms with Gasteiger partial charge in [-0.05, 0) is 36.8 Å². The zero-order chi connectivity index (χ0) is 21.0. The number of cyclic esters (lactones) is 1. The largest absolute Gasteiger partial charge is 0.493 e. The summed E-state index contributed by atoms with van der Waals surface area (Å²) >= 11 is 0. The molecule has 0 atom stereocenters. The molecular formula is C21H18N2O6. The minimum Gasteiger partial charge on any atom is -0.493 e. The number of hydrogen-bond acceptors (Lipinski definition) is 7. The van der Waals surface area contributed by atoms with Crippen molar-refractivity contribution in [3.05, 3.63) is 81.6 Å². The molecule has 0 aromatic heterocycles. The Morgan fingerprint density at radius 2 is 2.03 bits per heavy atom. The number of carbonyl (C=O) groups excluding carboxylic acids is 1. The minimum absolute atomic E-state index is 0.0160. The van der Waals surface area contributed by atoms with Crippen LogP contribution < -0.4 is 9.47 Å². The van der Waals surface area contributed by atoms with Crippen LogP contribution in [-0.4, -0.2) is 30.5 Å². The lowest BCUT2D eigenvalue weighted by Crippen LogP contribution is -2.06. The fourth-order valence-electron chi connectivity index (χ4n) is 2.67. The predicted molar refractivity (Wildman–Crippen MR) is 107 cm³/mol. The number of aryl methyl sites for hydroxylation is 1. The van der Waals surface area contributed by atoms with Gasteiger partial charge in [-0.3, -0.25) is 10.1 Å². The molecule has 8 nitrogen and oxygen atoms in total. The molecule has 0 aliphatic carbocycles. The standard InChI is InChI=1S/C21H18N2O6/c1-4-9-28-18-8-6-14(11-19(18)27-3)10-16-21(24)29-20(22-16)15-7-5-13(2)17(12-15)23(25)26/h4-8,10-12H,1,9H2,2-3H3.